The van der Waals surface area contributed by atoms with E-state index in [0.29, 0.717) is 13.2 Å². The Morgan fingerprint density at radius 2 is 1.95 bits per heavy atom. The van der Waals surface area contributed by atoms with Crippen molar-refractivity contribution >= 4 is 11.4 Å². The van der Waals surface area contributed by atoms with Gasteiger partial charge in [-0.2, -0.15) is 0 Å². The fraction of sp³-hybridized carbons (Fsp3) is 0.200. The highest BCUT2D eigenvalue weighted by Gasteiger charge is 2.13. The molecule has 1 heterocycles. The van der Waals surface area contributed by atoms with E-state index >= 15 is 0 Å². The molecule has 104 valence electrons. The SMILES string of the molecule is Nc1ccccc1NCCOc1ccc2c(c1)OCO2. The number of para-hydroxylation sites is 2. The number of nitrogen functional groups attached to an aromatic ring is 1. The zero-order valence-electron chi connectivity index (χ0n) is 11.0. The fourth-order valence-electron chi connectivity index (χ4n) is 1.98. The minimum atomic E-state index is 0.271. The van der Waals surface area contributed by atoms with Crippen molar-refractivity contribution in [2.45, 2.75) is 0 Å². The Kier molecular flexibility index (Phi) is 3.50. The van der Waals surface area contributed by atoms with Crippen LogP contribution in [0, 0.1) is 0 Å². The van der Waals surface area contributed by atoms with Gasteiger partial charge in [0.15, 0.2) is 11.5 Å². The first-order chi connectivity index (χ1) is 9.83. The van der Waals surface area contributed by atoms with E-state index in [-0.39, 0.29) is 6.79 Å². The molecule has 1 aliphatic rings. The molecule has 2 aromatic carbocycles. The number of anilines is 2. The van der Waals surface area contributed by atoms with Crippen LogP contribution in [0.3, 0.4) is 0 Å². The number of hydrogen-bond acceptors (Lipinski definition) is 5. The predicted octanol–water partition coefficient (Wildman–Crippen LogP) is 2.49. The molecule has 0 aromatic heterocycles. The molecular formula is C15H16N2O3. The topological polar surface area (TPSA) is 65.7 Å². The summed E-state index contributed by atoms with van der Waals surface area (Å²) in [7, 11) is 0. The van der Waals surface area contributed by atoms with Gasteiger partial charge in [-0.15, -0.1) is 0 Å². The average molecular weight is 272 g/mol. The molecule has 3 N–H and O–H groups in total. The molecule has 3 rings (SSSR count). The third-order valence-corrected chi connectivity index (χ3v) is 2.99. The summed E-state index contributed by atoms with van der Waals surface area (Å²) in [4.78, 5) is 0. The third-order valence-electron chi connectivity index (χ3n) is 2.99. The summed E-state index contributed by atoms with van der Waals surface area (Å²) in [5.41, 5.74) is 7.49. The van der Waals surface area contributed by atoms with Gasteiger partial charge >= 0.3 is 0 Å². The summed E-state index contributed by atoms with van der Waals surface area (Å²) in [6, 6.07) is 13.2. The van der Waals surface area contributed by atoms with Crippen molar-refractivity contribution in [2.24, 2.45) is 0 Å². The molecule has 0 unspecified atom stereocenters. The van der Waals surface area contributed by atoms with E-state index in [1.54, 1.807) is 0 Å². The largest absolute Gasteiger partial charge is 0.492 e. The van der Waals surface area contributed by atoms with E-state index < -0.39 is 0 Å². The Labute approximate surface area is 117 Å². The Morgan fingerprint density at radius 3 is 2.85 bits per heavy atom. The van der Waals surface area contributed by atoms with Gasteiger partial charge in [0.05, 0.1) is 11.4 Å². The average Bonchev–Trinajstić information content (AvgIpc) is 2.93. The second-order valence-electron chi connectivity index (χ2n) is 4.38. The summed E-state index contributed by atoms with van der Waals surface area (Å²) in [6.45, 7) is 1.48. The maximum Gasteiger partial charge on any atom is 0.231 e. The molecule has 2 aromatic rings. The van der Waals surface area contributed by atoms with Gasteiger partial charge in [0.25, 0.3) is 0 Å². The number of fused-ring (bicyclic) bond motifs is 1. The van der Waals surface area contributed by atoms with Crippen molar-refractivity contribution in [1.29, 1.82) is 0 Å². The molecule has 20 heavy (non-hydrogen) atoms. The molecule has 0 bridgehead atoms. The summed E-state index contributed by atoms with van der Waals surface area (Å²) >= 11 is 0. The standard InChI is InChI=1S/C15H16N2O3/c16-12-3-1-2-4-13(12)17-7-8-18-11-5-6-14-15(9-11)20-10-19-14/h1-6,9,17H,7-8,10,16H2. The smallest absolute Gasteiger partial charge is 0.231 e. The van der Waals surface area contributed by atoms with Crippen LogP contribution in [0.2, 0.25) is 0 Å². The molecule has 1 aliphatic heterocycles. The molecule has 0 aliphatic carbocycles. The third kappa shape index (κ3) is 2.71. The minimum absolute atomic E-state index is 0.271. The van der Waals surface area contributed by atoms with E-state index in [1.165, 1.54) is 0 Å². The first-order valence-electron chi connectivity index (χ1n) is 6.44. The van der Waals surface area contributed by atoms with E-state index in [9.17, 15) is 0 Å². The first-order valence-corrected chi connectivity index (χ1v) is 6.44. The molecule has 0 saturated carbocycles. The van der Waals surface area contributed by atoms with Crippen LogP contribution in [0.5, 0.6) is 17.2 Å². The van der Waals surface area contributed by atoms with Gasteiger partial charge in [0.2, 0.25) is 6.79 Å². The molecule has 0 atom stereocenters. The van der Waals surface area contributed by atoms with E-state index in [4.69, 9.17) is 19.9 Å². The maximum absolute atomic E-state index is 5.84. The van der Waals surface area contributed by atoms with Gasteiger partial charge < -0.3 is 25.3 Å². The summed E-state index contributed by atoms with van der Waals surface area (Å²) in [5.74, 6) is 2.24. The Hall–Kier alpha value is -2.56. The molecule has 5 heteroatoms. The van der Waals surface area contributed by atoms with Gasteiger partial charge in [0.1, 0.15) is 12.4 Å². The summed E-state index contributed by atoms with van der Waals surface area (Å²) in [5, 5.41) is 3.23. The van der Waals surface area contributed by atoms with E-state index in [1.807, 2.05) is 42.5 Å². The lowest BCUT2D eigenvalue weighted by Gasteiger charge is -2.10. The molecule has 0 fully saturated rings. The van der Waals surface area contributed by atoms with E-state index in [0.717, 1.165) is 28.6 Å². The van der Waals surface area contributed by atoms with Crippen molar-refractivity contribution in [3.8, 4) is 17.2 Å². The van der Waals surface area contributed by atoms with Crippen LogP contribution in [-0.2, 0) is 0 Å². The lowest BCUT2D eigenvalue weighted by Crippen LogP contribution is -2.12. The molecule has 0 spiro atoms. The highest BCUT2D eigenvalue weighted by molar-refractivity contribution is 5.65. The lowest BCUT2D eigenvalue weighted by atomic mass is 10.3. The first kappa shape index (κ1) is 12.5. The zero-order chi connectivity index (χ0) is 13.8. The van der Waals surface area contributed by atoms with Crippen LogP contribution in [0.25, 0.3) is 0 Å². The monoisotopic (exact) mass is 272 g/mol. The number of benzene rings is 2. The maximum atomic E-state index is 5.84. The summed E-state index contributed by atoms with van der Waals surface area (Å²) < 4.78 is 16.2. The van der Waals surface area contributed by atoms with Crippen LogP contribution >= 0.6 is 0 Å². The summed E-state index contributed by atoms with van der Waals surface area (Å²) in [6.07, 6.45) is 0. The van der Waals surface area contributed by atoms with Gasteiger partial charge in [-0.05, 0) is 24.3 Å². The van der Waals surface area contributed by atoms with Crippen molar-refractivity contribution in [2.75, 3.05) is 31.0 Å². The van der Waals surface area contributed by atoms with Gasteiger partial charge in [-0.1, -0.05) is 12.1 Å². The molecule has 0 amide bonds. The van der Waals surface area contributed by atoms with Crippen LogP contribution in [0.15, 0.2) is 42.5 Å². The minimum Gasteiger partial charge on any atom is -0.492 e. The van der Waals surface area contributed by atoms with Gasteiger partial charge in [-0.25, -0.2) is 0 Å². The van der Waals surface area contributed by atoms with E-state index in [2.05, 4.69) is 5.32 Å². The van der Waals surface area contributed by atoms with Crippen molar-refractivity contribution in [3.63, 3.8) is 0 Å². The predicted molar refractivity (Wildman–Crippen MR) is 77.4 cm³/mol. The molecule has 5 nitrogen and oxygen atoms in total. The highest BCUT2D eigenvalue weighted by atomic mass is 16.7. The van der Waals surface area contributed by atoms with Crippen molar-refractivity contribution < 1.29 is 14.2 Å². The number of hydrogen-bond donors (Lipinski definition) is 2. The Balaban J connectivity index is 1.49. The van der Waals surface area contributed by atoms with Crippen LogP contribution < -0.4 is 25.3 Å². The fourth-order valence-corrected chi connectivity index (χ4v) is 1.98. The zero-order valence-corrected chi connectivity index (χ0v) is 11.0. The van der Waals surface area contributed by atoms with Crippen molar-refractivity contribution in [3.05, 3.63) is 42.5 Å². The molecule has 0 radical (unpaired) electrons. The number of nitrogens with two attached hydrogens (primary N) is 1. The second kappa shape index (κ2) is 5.61. The van der Waals surface area contributed by atoms with Crippen LogP contribution in [0.1, 0.15) is 0 Å². The Bertz CT molecular complexity index is 601. The van der Waals surface area contributed by atoms with Gasteiger partial charge in [-0.3, -0.25) is 0 Å². The number of nitrogens with one attached hydrogen (secondary N) is 1. The second-order valence-corrected chi connectivity index (χ2v) is 4.38. The molecular weight excluding hydrogens is 256 g/mol. The van der Waals surface area contributed by atoms with Crippen LogP contribution in [0.4, 0.5) is 11.4 Å². The van der Waals surface area contributed by atoms with Crippen LogP contribution in [-0.4, -0.2) is 19.9 Å². The van der Waals surface area contributed by atoms with Gasteiger partial charge in [0, 0.05) is 12.6 Å². The molecule has 0 saturated heterocycles. The highest BCUT2D eigenvalue weighted by Crippen LogP contribution is 2.35. The number of ether oxygens (including phenoxy) is 3. The quantitative estimate of drug-likeness (QED) is 0.646. The number of rotatable bonds is 5. The Morgan fingerprint density at radius 1 is 1.10 bits per heavy atom. The normalized spacial score (nSPS) is 12.2. The lowest BCUT2D eigenvalue weighted by molar-refractivity contribution is 0.174. The van der Waals surface area contributed by atoms with Crippen molar-refractivity contribution in [1.82, 2.24) is 0 Å².